The zero-order chi connectivity index (χ0) is 75.8. The van der Waals surface area contributed by atoms with Gasteiger partial charge in [0.1, 0.15) is 5.70 Å². The highest BCUT2D eigenvalue weighted by Gasteiger charge is 2.45. The molecule has 4 aromatic rings. The molecule has 12 heteroatoms. The lowest BCUT2D eigenvalue weighted by molar-refractivity contribution is -0.131. The number of thiol groups is 2. The molecule has 3 amide bonds. The molecular weight excluding hydrogens is 1380 g/mol. The second-order valence-electron chi connectivity index (χ2n) is 32.0. The monoisotopic (exact) mass is 1530 g/mol. The van der Waals surface area contributed by atoms with Crippen LogP contribution in [0.15, 0.2) is 106 Å². The van der Waals surface area contributed by atoms with Crippen molar-refractivity contribution in [1.29, 1.82) is 0 Å². The lowest BCUT2D eigenvalue weighted by Crippen LogP contribution is -2.34. The second-order valence-corrected chi connectivity index (χ2v) is 35.2. The van der Waals surface area contributed by atoms with Gasteiger partial charge in [-0.3, -0.25) is 14.4 Å². The quantitative estimate of drug-likeness (QED) is 0.0116. The summed E-state index contributed by atoms with van der Waals surface area (Å²) < 4.78 is 2.33. The molecular formula is C94H150N4O4S4. The fourth-order valence-electron chi connectivity index (χ4n) is 16.3. The van der Waals surface area contributed by atoms with Crippen LogP contribution >= 0.6 is 47.9 Å². The lowest BCUT2D eigenvalue weighted by Gasteiger charge is -2.27. The third kappa shape index (κ3) is 32.3. The minimum absolute atomic E-state index is 0.0248. The molecule has 0 aliphatic carbocycles. The van der Waals surface area contributed by atoms with Crippen LogP contribution in [0.3, 0.4) is 0 Å². The third-order valence-corrected chi connectivity index (χ3v) is 26.1. The van der Waals surface area contributed by atoms with E-state index in [4.69, 9.17) is 30.1 Å². The number of rotatable bonds is 64. The summed E-state index contributed by atoms with van der Waals surface area (Å²) in [7, 11) is 0. The van der Waals surface area contributed by atoms with Crippen LogP contribution in [0.4, 0.5) is 0 Å². The highest BCUT2D eigenvalue weighted by Crippen LogP contribution is 2.46. The maximum absolute atomic E-state index is 16.1. The Hall–Kier alpha value is -4.07. The van der Waals surface area contributed by atoms with Gasteiger partial charge in [0.25, 0.3) is 5.91 Å². The second kappa shape index (κ2) is 55.4. The van der Waals surface area contributed by atoms with E-state index in [-0.39, 0.29) is 24.1 Å². The van der Waals surface area contributed by atoms with Gasteiger partial charge in [-0.15, -0.1) is 47.9 Å². The molecule has 0 fully saturated rings. The molecule has 0 spiro atoms. The number of carbonyl (C=O) groups excluding carboxylic acids is 3. The van der Waals surface area contributed by atoms with Crippen molar-refractivity contribution in [3.63, 3.8) is 0 Å². The van der Waals surface area contributed by atoms with Crippen molar-refractivity contribution >= 4 is 97.2 Å². The van der Waals surface area contributed by atoms with Crippen LogP contribution in [0.5, 0.6) is 0 Å². The summed E-state index contributed by atoms with van der Waals surface area (Å²) >= 11 is 14.0. The number of hydrogen-bond acceptors (Lipinski definition) is 9. The molecule has 5 atom stereocenters. The minimum Gasteiger partial charge on any atom is -0.406 e. The maximum Gasteiger partial charge on any atom is 0.262 e. The van der Waals surface area contributed by atoms with E-state index in [1.54, 1.807) is 22.7 Å². The average Bonchev–Trinajstić information content (AvgIpc) is 1.62. The number of allylic oxidation sites excluding steroid dienone is 4. The summed E-state index contributed by atoms with van der Waals surface area (Å²) in [5.41, 5.74) is 6.29. The van der Waals surface area contributed by atoms with Gasteiger partial charge in [0.15, 0.2) is 5.76 Å². The summed E-state index contributed by atoms with van der Waals surface area (Å²) in [6.45, 7) is 20.8. The topological polar surface area (TPSA) is 91.0 Å². The van der Waals surface area contributed by atoms with Crippen LogP contribution in [-0.2, 0) is 19.2 Å². The van der Waals surface area contributed by atoms with Crippen LogP contribution in [0.1, 0.15) is 373 Å². The number of fused-ring (bicyclic) bond motifs is 2. The van der Waals surface area contributed by atoms with Crippen molar-refractivity contribution < 1.29 is 19.2 Å². The molecule has 2 aromatic heterocycles. The van der Waals surface area contributed by atoms with Gasteiger partial charge in [-0.2, -0.15) is 5.48 Å². The molecule has 0 radical (unpaired) electrons. The Morgan fingerprint density at radius 1 is 0.462 bits per heavy atom. The molecule has 6 rings (SSSR count). The fourth-order valence-corrected chi connectivity index (χ4v) is 19.0. The normalized spacial score (nSPS) is 16.2. The predicted molar refractivity (Wildman–Crippen MR) is 470 cm³/mol. The summed E-state index contributed by atoms with van der Waals surface area (Å²) in [6, 6.07) is 21.6. The Balaban J connectivity index is 1.45. The molecule has 594 valence electrons. The van der Waals surface area contributed by atoms with Gasteiger partial charge in [0, 0.05) is 40.5 Å². The summed E-state index contributed by atoms with van der Waals surface area (Å²) in [4.78, 5) is 62.3. The standard InChI is InChI=1S/C94H150N4O4S4/c1-9-17-25-32-36-44-54-74(53-41-29-21-13-5)70-95-92(99)88-81(94(101)97(89(88)86-67-78-61-48-50-65-84(78)105-86)72-76(57-40-24-16-8)59-46-38-34-27-19-11-3)69-83(104)82(103)64-52-63-80-91(102-96-71-75(55-42-30-22-14-6)56-45-37-33-26-18-10-2)90(87-68-79-62-49-51-66-85(79)106-87)98(93(80)100)73-77(58-43-31-23-15-7)60-47-39-35-28-20-12-4/h48-52,61-68,74-77,81,96,103-104H,9-47,53-60,69-73H2,1-8H3,(H,95,99)/b64-52+,80-63-,83-82+. The van der Waals surface area contributed by atoms with E-state index in [0.717, 1.165) is 127 Å². The smallest absolute Gasteiger partial charge is 0.262 e. The van der Waals surface area contributed by atoms with Crippen molar-refractivity contribution in [3.05, 3.63) is 115 Å². The molecule has 0 bridgehead atoms. The molecule has 0 saturated heterocycles. The number of nitrogens with zero attached hydrogens (tertiary/aromatic N) is 2. The molecule has 2 aliphatic rings. The maximum atomic E-state index is 16.1. The van der Waals surface area contributed by atoms with E-state index in [0.29, 0.717) is 76.6 Å². The van der Waals surface area contributed by atoms with Gasteiger partial charge in [-0.25, -0.2) is 0 Å². The average molecular weight is 1530 g/mol. The van der Waals surface area contributed by atoms with E-state index < -0.39 is 5.92 Å². The number of unbranched alkanes of at least 4 members (excludes halogenated alkanes) is 31. The number of thiophene rings is 2. The highest BCUT2D eigenvalue weighted by molar-refractivity contribution is 7.88. The van der Waals surface area contributed by atoms with Gasteiger partial charge in [-0.1, -0.05) is 348 Å². The molecule has 2 N–H and O–H groups in total. The predicted octanol–water partition coefficient (Wildman–Crippen LogP) is 29.0. The lowest BCUT2D eigenvalue weighted by atomic mass is 9.92. The van der Waals surface area contributed by atoms with Gasteiger partial charge in [0.05, 0.1) is 32.5 Å². The van der Waals surface area contributed by atoms with Crippen LogP contribution in [0.2, 0.25) is 0 Å². The zero-order valence-corrected chi connectivity index (χ0v) is 71.8. The van der Waals surface area contributed by atoms with Crippen LogP contribution < -0.4 is 10.8 Å². The number of amides is 3. The first-order valence-electron chi connectivity index (χ1n) is 44.2. The Morgan fingerprint density at radius 2 is 0.821 bits per heavy atom. The first-order chi connectivity index (χ1) is 51.9. The van der Waals surface area contributed by atoms with Crippen molar-refractivity contribution in [2.45, 2.75) is 364 Å². The van der Waals surface area contributed by atoms with Crippen LogP contribution in [0.25, 0.3) is 31.6 Å². The first-order valence-corrected chi connectivity index (χ1v) is 46.7. The minimum atomic E-state index is -0.779. The summed E-state index contributed by atoms with van der Waals surface area (Å²) in [5.74, 6) is 1.06. The molecule has 5 unspecified atom stereocenters. The number of nitrogens with one attached hydrogen (secondary N) is 2. The summed E-state index contributed by atoms with van der Waals surface area (Å²) in [6.07, 6.45) is 62.7. The largest absolute Gasteiger partial charge is 0.406 e. The molecule has 8 nitrogen and oxygen atoms in total. The third-order valence-electron chi connectivity index (χ3n) is 22.9. The SMILES string of the molecule is CCCCCCCCC(CCCCCC)CNOC1=C(c2cc3ccccc3s2)N(CC(CCCCCC)CCCCCCCC)C(=O)\C1=C/C=C/C(S)=C(\S)CC1C(=O)N(CC(CCCCC)CCCCCCCC)C(c2cc3ccccc3s2)=C1C(=O)NCC(CCCCCC)CCCCCCCC. The Bertz CT molecular complexity index is 3180. The Morgan fingerprint density at radius 3 is 1.25 bits per heavy atom. The number of hydrogen-bond donors (Lipinski definition) is 4. The van der Waals surface area contributed by atoms with E-state index >= 15 is 14.4 Å². The van der Waals surface area contributed by atoms with Crippen LogP contribution in [-0.4, -0.2) is 53.7 Å². The van der Waals surface area contributed by atoms with E-state index in [9.17, 15) is 0 Å². The van der Waals surface area contributed by atoms with E-state index in [1.807, 2.05) is 18.2 Å². The van der Waals surface area contributed by atoms with Gasteiger partial charge in [-0.05, 0) is 134 Å². The van der Waals surface area contributed by atoms with E-state index in [1.165, 1.54) is 217 Å². The summed E-state index contributed by atoms with van der Waals surface area (Å²) in [5, 5.41) is 5.86. The van der Waals surface area contributed by atoms with Crippen molar-refractivity contribution in [3.8, 4) is 0 Å². The van der Waals surface area contributed by atoms with Gasteiger partial charge < -0.3 is 20.0 Å². The molecule has 0 saturated carbocycles. The number of carbonyl (C=O) groups is 3. The number of hydroxylamine groups is 1. The first kappa shape index (κ1) is 90.8. The van der Waals surface area contributed by atoms with Crippen molar-refractivity contribution in [2.75, 3.05) is 26.2 Å². The van der Waals surface area contributed by atoms with Crippen molar-refractivity contribution in [1.82, 2.24) is 20.6 Å². The molecule has 2 aliphatic heterocycles. The van der Waals surface area contributed by atoms with Crippen LogP contribution in [0, 0.1) is 29.6 Å². The molecule has 4 heterocycles. The van der Waals surface area contributed by atoms with Gasteiger partial charge >= 0.3 is 0 Å². The highest BCUT2D eigenvalue weighted by atomic mass is 32.1. The van der Waals surface area contributed by atoms with E-state index in [2.05, 4.69) is 137 Å². The van der Waals surface area contributed by atoms with Crippen molar-refractivity contribution in [2.24, 2.45) is 29.6 Å². The fraction of sp³-hybridized carbons (Fsp3) is 0.691. The van der Waals surface area contributed by atoms with Gasteiger partial charge in [0.2, 0.25) is 11.8 Å². The Labute approximate surface area is 667 Å². The number of benzene rings is 2. The Kier molecular flexibility index (Phi) is 47.4. The zero-order valence-electron chi connectivity index (χ0n) is 68.4. The molecule has 106 heavy (non-hydrogen) atoms. The molecule has 2 aromatic carbocycles.